The summed E-state index contributed by atoms with van der Waals surface area (Å²) in [4.78, 5) is 15.7. The van der Waals surface area contributed by atoms with Crippen LogP contribution < -0.4 is 9.64 Å². The molecular formula is C22H22F3N3O3. The molecule has 1 unspecified atom stereocenters. The fraction of sp³-hybridized carbons (Fsp3) is 0.364. The molecule has 1 aliphatic rings. The first-order valence-corrected chi connectivity index (χ1v) is 9.69. The van der Waals surface area contributed by atoms with E-state index in [-0.39, 0.29) is 44.4 Å². The van der Waals surface area contributed by atoms with Crippen molar-refractivity contribution in [1.29, 1.82) is 5.26 Å². The van der Waals surface area contributed by atoms with Gasteiger partial charge in [0.25, 0.3) is 5.91 Å². The van der Waals surface area contributed by atoms with Gasteiger partial charge in [0.1, 0.15) is 5.75 Å². The van der Waals surface area contributed by atoms with Gasteiger partial charge in [0.05, 0.1) is 29.8 Å². The van der Waals surface area contributed by atoms with Gasteiger partial charge in [-0.1, -0.05) is 12.1 Å². The van der Waals surface area contributed by atoms with E-state index in [4.69, 9.17) is 10.00 Å². The highest BCUT2D eigenvalue weighted by Crippen LogP contribution is 2.35. The lowest BCUT2D eigenvalue weighted by atomic mass is 10.0. The number of nitrogens with zero attached hydrogens (tertiary/aromatic N) is 3. The Morgan fingerprint density at radius 2 is 2.03 bits per heavy atom. The quantitative estimate of drug-likeness (QED) is 0.785. The number of halogens is 3. The number of aryl methyl sites for hydroxylation is 1. The Kier molecular flexibility index (Phi) is 6.71. The van der Waals surface area contributed by atoms with Gasteiger partial charge in [0.15, 0.2) is 6.61 Å². The van der Waals surface area contributed by atoms with Crippen molar-refractivity contribution in [1.82, 2.24) is 4.90 Å². The Bertz CT molecular complexity index is 988. The Labute approximate surface area is 178 Å². The minimum atomic E-state index is -4.67. The van der Waals surface area contributed by atoms with Crippen LogP contribution in [0.1, 0.15) is 16.7 Å². The van der Waals surface area contributed by atoms with Crippen molar-refractivity contribution in [2.24, 2.45) is 0 Å². The Morgan fingerprint density at radius 3 is 2.68 bits per heavy atom. The summed E-state index contributed by atoms with van der Waals surface area (Å²) in [5.41, 5.74) is -0.235. The van der Waals surface area contributed by atoms with E-state index in [0.717, 1.165) is 17.7 Å². The Morgan fingerprint density at radius 1 is 1.26 bits per heavy atom. The first-order chi connectivity index (χ1) is 14.7. The molecule has 0 aliphatic carbocycles. The first-order valence-electron chi connectivity index (χ1n) is 9.69. The van der Waals surface area contributed by atoms with E-state index >= 15 is 0 Å². The highest BCUT2D eigenvalue weighted by atomic mass is 19.4. The third kappa shape index (κ3) is 5.27. The monoisotopic (exact) mass is 433 g/mol. The molecule has 0 aromatic heterocycles. The summed E-state index contributed by atoms with van der Waals surface area (Å²) >= 11 is 0. The molecule has 1 heterocycles. The van der Waals surface area contributed by atoms with Crippen molar-refractivity contribution < 1.29 is 27.8 Å². The first kappa shape index (κ1) is 22.4. The van der Waals surface area contributed by atoms with E-state index < -0.39 is 23.3 Å². The minimum Gasteiger partial charge on any atom is -0.484 e. The van der Waals surface area contributed by atoms with Crippen LogP contribution in [0.2, 0.25) is 0 Å². The lowest BCUT2D eigenvalue weighted by Crippen LogP contribution is -2.57. The molecule has 1 fully saturated rings. The van der Waals surface area contributed by atoms with Gasteiger partial charge in [-0.05, 0) is 42.8 Å². The molecule has 1 atom stereocenters. The zero-order valence-electron chi connectivity index (χ0n) is 16.9. The van der Waals surface area contributed by atoms with E-state index in [0.29, 0.717) is 5.75 Å². The van der Waals surface area contributed by atoms with Crippen LogP contribution in [0.4, 0.5) is 18.9 Å². The standard InChI is InChI=1S/C22H22F3N3O3/c1-15-3-2-4-19(9-15)31-14-21(30)27-7-8-28(18(12-27)13-29)17-6-5-16(11-26)20(10-17)22(23,24)25/h2-6,9-10,18,29H,7-8,12-14H2,1H3. The summed E-state index contributed by atoms with van der Waals surface area (Å²) in [6.07, 6.45) is -4.67. The summed E-state index contributed by atoms with van der Waals surface area (Å²) in [6.45, 7) is 2.06. The summed E-state index contributed by atoms with van der Waals surface area (Å²) in [6, 6.07) is 11.7. The van der Waals surface area contributed by atoms with Crippen LogP contribution in [0.3, 0.4) is 0 Å². The minimum absolute atomic E-state index is 0.147. The van der Waals surface area contributed by atoms with E-state index in [9.17, 15) is 23.1 Å². The lowest BCUT2D eigenvalue weighted by molar-refractivity contribution is -0.137. The molecule has 31 heavy (non-hydrogen) atoms. The lowest BCUT2D eigenvalue weighted by Gasteiger charge is -2.42. The van der Waals surface area contributed by atoms with Gasteiger partial charge in [-0.3, -0.25) is 4.79 Å². The maximum atomic E-state index is 13.3. The fourth-order valence-electron chi connectivity index (χ4n) is 3.56. The van der Waals surface area contributed by atoms with Gasteiger partial charge in [-0.25, -0.2) is 0 Å². The zero-order chi connectivity index (χ0) is 22.6. The smallest absolute Gasteiger partial charge is 0.417 e. The number of nitriles is 1. The summed E-state index contributed by atoms with van der Waals surface area (Å²) < 4.78 is 45.4. The van der Waals surface area contributed by atoms with Crippen molar-refractivity contribution in [2.75, 3.05) is 37.7 Å². The number of alkyl halides is 3. The Hall–Kier alpha value is -3.25. The van der Waals surface area contributed by atoms with Crippen LogP contribution in [0, 0.1) is 18.3 Å². The number of aliphatic hydroxyl groups excluding tert-OH is 1. The Balaban J connectivity index is 1.69. The average Bonchev–Trinajstić information content (AvgIpc) is 2.76. The number of hydrogen-bond acceptors (Lipinski definition) is 5. The molecule has 2 aromatic rings. The van der Waals surface area contributed by atoms with E-state index in [1.54, 1.807) is 17.0 Å². The van der Waals surface area contributed by atoms with Crippen molar-refractivity contribution in [3.8, 4) is 11.8 Å². The van der Waals surface area contributed by atoms with Gasteiger partial charge in [-0.2, -0.15) is 18.4 Å². The molecule has 0 spiro atoms. The second kappa shape index (κ2) is 9.27. The van der Waals surface area contributed by atoms with Crippen molar-refractivity contribution in [3.63, 3.8) is 0 Å². The predicted molar refractivity (Wildman–Crippen MR) is 108 cm³/mol. The van der Waals surface area contributed by atoms with Gasteiger partial charge in [-0.15, -0.1) is 0 Å². The number of carbonyl (C=O) groups is 1. The molecule has 0 radical (unpaired) electrons. The second-order valence-electron chi connectivity index (χ2n) is 7.31. The number of carbonyl (C=O) groups excluding carboxylic acids is 1. The molecule has 6 nitrogen and oxygen atoms in total. The van der Waals surface area contributed by atoms with E-state index in [1.165, 1.54) is 11.0 Å². The van der Waals surface area contributed by atoms with Crippen LogP contribution in [0.15, 0.2) is 42.5 Å². The molecular weight excluding hydrogens is 411 g/mol. The number of anilines is 1. The fourth-order valence-corrected chi connectivity index (χ4v) is 3.56. The molecule has 1 N–H and O–H groups in total. The molecule has 164 valence electrons. The average molecular weight is 433 g/mol. The number of rotatable bonds is 5. The topological polar surface area (TPSA) is 76.8 Å². The van der Waals surface area contributed by atoms with Crippen LogP contribution >= 0.6 is 0 Å². The molecule has 2 aromatic carbocycles. The van der Waals surface area contributed by atoms with E-state index in [1.807, 2.05) is 25.1 Å². The largest absolute Gasteiger partial charge is 0.484 e. The second-order valence-corrected chi connectivity index (χ2v) is 7.31. The number of ether oxygens (including phenoxy) is 1. The van der Waals surface area contributed by atoms with Crippen molar-refractivity contribution in [3.05, 3.63) is 59.2 Å². The summed E-state index contributed by atoms with van der Waals surface area (Å²) in [5.74, 6) is 0.304. The predicted octanol–water partition coefficient (Wildman–Crippen LogP) is 2.97. The maximum absolute atomic E-state index is 13.3. The van der Waals surface area contributed by atoms with Crippen molar-refractivity contribution >= 4 is 11.6 Å². The molecule has 1 amide bonds. The van der Waals surface area contributed by atoms with Gasteiger partial charge in [0, 0.05) is 25.3 Å². The van der Waals surface area contributed by atoms with Crippen LogP contribution in [-0.4, -0.2) is 54.8 Å². The van der Waals surface area contributed by atoms with Crippen LogP contribution in [0.5, 0.6) is 5.75 Å². The van der Waals surface area contributed by atoms with E-state index in [2.05, 4.69) is 0 Å². The van der Waals surface area contributed by atoms with Crippen LogP contribution in [-0.2, 0) is 11.0 Å². The summed E-state index contributed by atoms with van der Waals surface area (Å²) in [5, 5.41) is 18.8. The third-order valence-corrected chi connectivity index (χ3v) is 5.16. The van der Waals surface area contributed by atoms with Gasteiger partial charge >= 0.3 is 6.18 Å². The number of aliphatic hydroxyl groups is 1. The molecule has 0 saturated carbocycles. The number of benzene rings is 2. The molecule has 1 aliphatic heterocycles. The van der Waals surface area contributed by atoms with Crippen molar-refractivity contribution in [2.45, 2.75) is 19.1 Å². The molecule has 1 saturated heterocycles. The number of hydrogen-bond donors (Lipinski definition) is 1. The summed E-state index contributed by atoms with van der Waals surface area (Å²) in [7, 11) is 0. The highest BCUT2D eigenvalue weighted by Gasteiger charge is 2.36. The highest BCUT2D eigenvalue weighted by molar-refractivity contribution is 5.78. The van der Waals surface area contributed by atoms with Gasteiger partial charge < -0.3 is 19.6 Å². The third-order valence-electron chi connectivity index (χ3n) is 5.16. The van der Waals surface area contributed by atoms with Gasteiger partial charge in [0.2, 0.25) is 0 Å². The number of amides is 1. The SMILES string of the molecule is Cc1cccc(OCC(=O)N2CCN(c3ccc(C#N)c(C(F)(F)F)c3)C(CO)C2)c1. The number of piperazine rings is 1. The zero-order valence-corrected chi connectivity index (χ0v) is 16.9. The van der Waals surface area contributed by atoms with Crippen LogP contribution in [0.25, 0.3) is 0 Å². The molecule has 3 rings (SSSR count). The molecule has 0 bridgehead atoms. The molecule has 9 heteroatoms. The maximum Gasteiger partial charge on any atom is 0.417 e. The normalized spacial score (nSPS) is 16.7.